The Kier molecular flexibility index (Phi) is 7.21. The fourth-order valence-electron chi connectivity index (χ4n) is 2.59. The molecule has 0 saturated carbocycles. The van der Waals surface area contributed by atoms with Crippen LogP contribution in [-0.2, 0) is 11.2 Å². The van der Waals surface area contributed by atoms with E-state index in [1.807, 2.05) is 44.2 Å². The summed E-state index contributed by atoms with van der Waals surface area (Å²) in [5.74, 6) is 0.221. The van der Waals surface area contributed by atoms with Crippen LogP contribution in [0.1, 0.15) is 36.2 Å². The number of hydrogen-bond acceptors (Lipinski definition) is 3. The number of para-hydroxylation sites is 1. The van der Waals surface area contributed by atoms with Gasteiger partial charge in [0.05, 0.1) is 13.2 Å². The summed E-state index contributed by atoms with van der Waals surface area (Å²) in [7, 11) is 1.62. The van der Waals surface area contributed by atoms with Crippen LogP contribution in [-0.4, -0.2) is 36.9 Å². The highest BCUT2D eigenvalue weighted by atomic mass is 16.5. The van der Waals surface area contributed by atoms with Gasteiger partial charge in [0.1, 0.15) is 5.75 Å². The Morgan fingerprint density at radius 1 is 1.08 bits per heavy atom. The Hall–Kier alpha value is -2.82. The predicted molar refractivity (Wildman–Crippen MR) is 104 cm³/mol. The first kappa shape index (κ1) is 19.5. The minimum atomic E-state index is -0.222. The molecular formula is C21H26N2O3. The van der Waals surface area contributed by atoms with Gasteiger partial charge in [0.25, 0.3) is 5.91 Å². The number of aryl methyl sites for hydroxylation is 1. The van der Waals surface area contributed by atoms with Gasteiger partial charge in [-0.15, -0.1) is 0 Å². The Balaban J connectivity index is 1.99. The standard InChI is InChI=1S/C21H26N2O3/c1-4-13-26-18-11-8-10-17(14-18)21(25)23(3)15-20(24)22-19-12-7-6-9-16(19)5-2/h6-12,14H,4-5,13,15H2,1-3H3,(H,22,24). The lowest BCUT2D eigenvalue weighted by molar-refractivity contribution is -0.116. The van der Waals surface area contributed by atoms with E-state index in [-0.39, 0.29) is 18.4 Å². The lowest BCUT2D eigenvalue weighted by atomic mass is 10.1. The minimum Gasteiger partial charge on any atom is -0.494 e. The van der Waals surface area contributed by atoms with E-state index >= 15 is 0 Å². The zero-order valence-corrected chi connectivity index (χ0v) is 15.6. The van der Waals surface area contributed by atoms with Gasteiger partial charge < -0.3 is 15.0 Å². The van der Waals surface area contributed by atoms with Crippen LogP contribution in [0.3, 0.4) is 0 Å². The van der Waals surface area contributed by atoms with Crippen LogP contribution >= 0.6 is 0 Å². The van der Waals surface area contributed by atoms with Crippen molar-refractivity contribution in [3.63, 3.8) is 0 Å². The van der Waals surface area contributed by atoms with Crippen molar-refractivity contribution in [2.75, 3.05) is 25.5 Å². The number of carbonyl (C=O) groups is 2. The molecule has 138 valence electrons. The fraction of sp³-hybridized carbons (Fsp3) is 0.333. The van der Waals surface area contributed by atoms with E-state index in [0.29, 0.717) is 17.9 Å². The topological polar surface area (TPSA) is 58.6 Å². The van der Waals surface area contributed by atoms with E-state index in [1.54, 1.807) is 25.2 Å². The third-order valence-electron chi connectivity index (χ3n) is 3.95. The zero-order valence-electron chi connectivity index (χ0n) is 15.6. The van der Waals surface area contributed by atoms with Crippen molar-refractivity contribution in [3.8, 4) is 5.75 Å². The van der Waals surface area contributed by atoms with Crippen molar-refractivity contribution in [1.29, 1.82) is 0 Å². The number of nitrogens with one attached hydrogen (secondary N) is 1. The number of hydrogen-bond donors (Lipinski definition) is 1. The first-order valence-electron chi connectivity index (χ1n) is 8.91. The average Bonchev–Trinajstić information content (AvgIpc) is 2.66. The lowest BCUT2D eigenvalue weighted by Gasteiger charge is -2.18. The Labute approximate surface area is 155 Å². The highest BCUT2D eigenvalue weighted by molar-refractivity contribution is 5.99. The molecule has 0 fully saturated rings. The summed E-state index contributed by atoms with van der Waals surface area (Å²) in [4.78, 5) is 26.3. The Morgan fingerprint density at radius 2 is 1.85 bits per heavy atom. The highest BCUT2D eigenvalue weighted by Gasteiger charge is 2.16. The lowest BCUT2D eigenvalue weighted by Crippen LogP contribution is -2.35. The summed E-state index contributed by atoms with van der Waals surface area (Å²) in [5.41, 5.74) is 2.36. The quantitative estimate of drug-likeness (QED) is 0.785. The van der Waals surface area contributed by atoms with Crippen molar-refractivity contribution in [2.45, 2.75) is 26.7 Å². The summed E-state index contributed by atoms with van der Waals surface area (Å²) >= 11 is 0. The van der Waals surface area contributed by atoms with E-state index in [4.69, 9.17) is 4.74 Å². The number of nitrogens with zero attached hydrogens (tertiary/aromatic N) is 1. The molecular weight excluding hydrogens is 328 g/mol. The molecule has 0 saturated heterocycles. The second-order valence-electron chi connectivity index (χ2n) is 6.10. The van der Waals surface area contributed by atoms with Gasteiger partial charge in [-0.3, -0.25) is 9.59 Å². The fourth-order valence-corrected chi connectivity index (χ4v) is 2.59. The van der Waals surface area contributed by atoms with Gasteiger partial charge in [-0.2, -0.15) is 0 Å². The van der Waals surface area contributed by atoms with E-state index < -0.39 is 0 Å². The molecule has 2 aromatic carbocycles. The van der Waals surface area contributed by atoms with E-state index in [9.17, 15) is 9.59 Å². The monoisotopic (exact) mass is 354 g/mol. The minimum absolute atomic E-state index is 0.0169. The molecule has 0 atom stereocenters. The van der Waals surface area contributed by atoms with Crippen LogP contribution in [0, 0.1) is 0 Å². The van der Waals surface area contributed by atoms with Crippen LogP contribution in [0.15, 0.2) is 48.5 Å². The van der Waals surface area contributed by atoms with Crippen molar-refractivity contribution < 1.29 is 14.3 Å². The summed E-state index contributed by atoms with van der Waals surface area (Å²) in [6, 6.07) is 14.7. The molecule has 26 heavy (non-hydrogen) atoms. The van der Waals surface area contributed by atoms with Gasteiger partial charge in [0.2, 0.25) is 5.91 Å². The maximum Gasteiger partial charge on any atom is 0.254 e. The zero-order chi connectivity index (χ0) is 18.9. The van der Waals surface area contributed by atoms with Crippen LogP contribution in [0.5, 0.6) is 5.75 Å². The molecule has 0 aliphatic rings. The van der Waals surface area contributed by atoms with Crippen molar-refractivity contribution >= 4 is 17.5 Å². The van der Waals surface area contributed by atoms with E-state index in [2.05, 4.69) is 5.32 Å². The molecule has 0 aliphatic heterocycles. The molecule has 0 aromatic heterocycles. The van der Waals surface area contributed by atoms with E-state index in [0.717, 1.165) is 24.1 Å². The molecule has 5 heteroatoms. The highest BCUT2D eigenvalue weighted by Crippen LogP contribution is 2.17. The largest absolute Gasteiger partial charge is 0.494 e. The number of likely N-dealkylation sites (N-methyl/N-ethyl adjacent to an activating group) is 1. The Morgan fingerprint density at radius 3 is 2.58 bits per heavy atom. The number of carbonyl (C=O) groups excluding carboxylic acids is 2. The summed E-state index contributed by atoms with van der Waals surface area (Å²) in [6.07, 6.45) is 1.73. The SMILES string of the molecule is CCCOc1cccc(C(=O)N(C)CC(=O)Nc2ccccc2CC)c1. The van der Waals surface area contributed by atoms with Crippen LogP contribution < -0.4 is 10.1 Å². The Bertz CT molecular complexity index is 758. The summed E-state index contributed by atoms with van der Waals surface area (Å²) in [6.45, 7) is 4.65. The maximum atomic E-state index is 12.6. The smallest absolute Gasteiger partial charge is 0.254 e. The molecule has 2 amide bonds. The summed E-state index contributed by atoms with van der Waals surface area (Å²) < 4.78 is 5.56. The second kappa shape index (κ2) is 9.61. The second-order valence-corrected chi connectivity index (χ2v) is 6.10. The van der Waals surface area contributed by atoms with Gasteiger partial charge >= 0.3 is 0 Å². The van der Waals surface area contributed by atoms with Crippen LogP contribution in [0.2, 0.25) is 0 Å². The molecule has 0 unspecified atom stereocenters. The number of anilines is 1. The van der Waals surface area contributed by atoms with Gasteiger partial charge in [-0.25, -0.2) is 0 Å². The maximum absolute atomic E-state index is 12.6. The number of benzene rings is 2. The molecule has 5 nitrogen and oxygen atoms in total. The average molecular weight is 354 g/mol. The third kappa shape index (κ3) is 5.34. The molecule has 0 bridgehead atoms. The molecule has 2 aromatic rings. The summed E-state index contributed by atoms with van der Waals surface area (Å²) in [5, 5.41) is 2.88. The number of rotatable bonds is 8. The normalized spacial score (nSPS) is 10.3. The third-order valence-corrected chi connectivity index (χ3v) is 3.95. The molecule has 1 N–H and O–H groups in total. The van der Waals surface area contributed by atoms with Gasteiger partial charge in [0, 0.05) is 18.3 Å². The number of ether oxygens (including phenoxy) is 1. The van der Waals surface area contributed by atoms with Crippen molar-refractivity contribution in [1.82, 2.24) is 4.90 Å². The molecule has 0 aliphatic carbocycles. The van der Waals surface area contributed by atoms with Crippen molar-refractivity contribution in [2.24, 2.45) is 0 Å². The van der Waals surface area contributed by atoms with Crippen LogP contribution in [0.4, 0.5) is 5.69 Å². The molecule has 0 heterocycles. The van der Waals surface area contributed by atoms with Gasteiger partial charge in [-0.1, -0.05) is 38.1 Å². The first-order chi connectivity index (χ1) is 12.5. The van der Waals surface area contributed by atoms with E-state index in [1.165, 1.54) is 4.90 Å². The van der Waals surface area contributed by atoms with Crippen molar-refractivity contribution in [3.05, 3.63) is 59.7 Å². The molecule has 0 spiro atoms. The van der Waals surface area contributed by atoms with Gasteiger partial charge in [-0.05, 0) is 42.7 Å². The van der Waals surface area contributed by atoms with Crippen LogP contribution in [0.25, 0.3) is 0 Å². The predicted octanol–water partition coefficient (Wildman–Crippen LogP) is 3.75. The van der Waals surface area contributed by atoms with Gasteiger partial charge in [0.15, 0.2) is 0 Å². The first-order valence-corrected chi connectivity index (χ1v) is 8.91. The molecule has 0 radical (unpaired) electrons. The molecule has 2 rings (SSSR count). The number of amides is 2.